The first kappa shape index (κ1) is 19.0. The van der Waals surface area contributed by atoms with Crippen LogP contribution in [-0.4, -0.2) is 0 Å². The number of hydrogen-bond acceptors (Lipinski definition) is 0. The molecular formula is C23H30. The summed E-state index contributed by atoms with van der Waals surface area (Å²) in [6, 6.07) is 15.5. The van der Waals surface area contributed by atoms with Gasteiger partial charge in [0, 0.05) is 0 Å². The molecule has 0 radical (unpaired) electrons. The molecule has 0 nitrogen and oxygen atoms in total. The lowest BCUT2D eigenvalue weighted by Crippen LogP contribution is -2.02. The van der Waals surface area contributed by atoms with Crippen LogP contribution in [0.5, 0.6) is 0 Å². The average Bonchev–Trinajstić information content (AvgIpc) is 2.88. The Balaban J connectivity index is 0.000000400. The van der Waals surface area contributed by atoms with Crippen LogP contribution in [0.15, 0.2) is 48.5 Å². The van der Waals surface area contributed by atoms with Crippen molar-refractivity contribution in [3.8, 4) is 0 Å². The zero-order valence-electron chi connectivity index (χ0n) is 15.5. The standard InChI is InChI=1S/C17H12.3C2H6/c1-2-5-13-9-11-15-7-3-6-14-10-8-12(4-1)16(13)17(14)15;3*1-2/h1,3-11H,2H2;3*1-2H3. The fraction of sp³-hybridized carbons (Fsp3) is 0.304. The fourth-order valence-corrected chi connectivity index (χ4v) is 2.84. The lowest BCUT2D eigenvalue weighted by atomic mass is 9.95. The molecule has 0 fully saturated rings. The molecule has 122 valence electrons. The molecule has 0 heteroatoms. The third-order valence-electron chi connectivity index (χ3n) is 3.61. The lowest BCUT2D eigenvalue weighted by molar-refractivity contribution is 1.50. The van der Waals surface area contributed by atoms with Crippen LogP contribution in [0.2, 0.25) is 0 Å². The summed E-state index contributed by atoms with van der Waals surface area (Å²) >= 11 is 0. The maximum atomic E-state index is 2.31. The Kier molecular flexibility index (Phi) is 8.11. The molecule has 0 spiro atoms. The molecule has 0 aliphatic heterocycles. The Morgan fingerprint density at radius 2 is 1.26 bits per heavy atom. The third-order valence-corrected chi connectivity index (χ3v) is 3.61. The predicted molar refractivity (Wildman–Crippen MR) is 109 cm³/mol. The minimum Gasteiger partial charge on any atom is -0.0801 e. The van der Waals surface area contributed by atoms with E-state index in [2.05, 4.69) is 60.7 Å². The molecule has 0 amide bonds. The summed E-state index contributed by atoms with van der Waals surface area (Å²) in [5.74, 6) is 0. The van der Waals surface area contributed by atoms with Crippen LogP contribution in [0.4, 0.5) is 0 Å². The minimum atomic E-state index is 1.03. The number of rotatable bonds is 0. The maximum absolute atomic E-state index is 2.31. The largest absolute Gasteiger partial charge is 0.0801 e. The molecule has 0 saturated heterocycles. The first-order valence-electron chi connectivity index (χ1n) is 9.04. The van der Waals surface area contributed by atoms with Gasteiger partial charge in [-0.3, -0.25) is 0 Å². The van der Waals surface area contributed by atoms with E-state index >= 15 is 0 Å². The van der Waals surface area contributed by atoms with Crippen LogP contribution in [0, 0.1) is 0 Å². The zero-order chi connectivity index (χ0) is 17.2. The van der Waals surface area contributed by atoms with E-state index in [1.165, 1.54) is 32.3 Å². The highest BCUT2D eigenvalue weighted by molar-refractivity contribution is 6.13. The van der Waals surface area contributed by atoms with E-state index in [1.54, 1.807) is 0 Å². The van der Waals surface area contributed by atoms with Crippen molar-refractivity contribution in [2.24, 2.45) is 0 Å². The molecule has 1 aliphatic rings. The maximum Gasteiger partial charge on any atom is -0.00269 e. The molecular weight excluding hydrogens is 276 g/mol. The van der Waals surface area contributed by atoms with Gasteiger partial charge in [-0.05, 0) is 38.7 Å². The van der Waals surface area contributed by atoms with Crippen LogP contribution in [0.3, 0.4) is 0 Å². The summed E-state index contributed by atoms with van der Waals surface area (Å²) in [7, 11) is 0. The van der Waals surface area contributed by atoms with Gasteiger partial charge in [0.25, 0.3) is 0 Å². The average molecular weight is 306 g/mol. The Hall–Kier alpha value is -2.08. The molecule has 1 aliphatic carbocycles. The Morgan fingerprint density at radius 1 is 0.652 bits per heavy atom. The van der Waals surface area contributed by atoms with Crippen molar-refractivity contribution in [2.75, 3.05) is 0 Å². The van der Waals surface area contributed by atoms with E-state index in [4.69, 9.17) is 0 Å². The predicted octanol–water partition coefficient (Wildman–Crippen LogP) is 6.99. The van der Waals surface area contributed by atoms with Crippen molar-refractivity contribution in [3.05, 3.63) is 59.3 Å². The Bertz CT molecular complexity index is 791. The van der Waals surface area contributed by atoms with Crippen molar-refractivity contribution >= 4 is 33.7 Å². The third kappa shape index (κ3) is 3.82. The minimum absolute atomic E-state index is 1.03. The molecule has 0 aromatic heterocycles. The van der Waals surface area contributed by atoms with Gasteiger partial charge in [0.1, 0.15) is 0 Å². The van der Waals surface area contributed by atoms with Gasteiger partial charge in [-0.1, -0.05) is 102 Å². The Labute approximate surface area is 141 Å². The molecule has 3 aromatic rings. The normalized spacial score (nSPS) is 11.0. The van der Waals surface area contributed by atoms with E-state index in [0.29, 0.717) is 0 Å². The quantitative estimate of drug-likeness (QED) is 0.420. The van der Waals surface area contributed by atoms with Crippen LogP contribution < -0.4 is 5.22 Å². The van der Waals surface area contributed by atoms with Gasteiger partial charge in [-0.2, -0.15) is 0 Å². The van der Waals surface area contributed by atoms with E-state index < -0.39 is 0 Å². The molecule has 0 bridgehead atoms. The Morgan fingerprint density at radius 3 is 1.91 bits per heavy atom. The van der Waals surface area contributed by atoms with Crippen molar-refractivity contribution in [3.63, 3.8) is 0 Å². The van der Waals surface area contributed by atoms with Crippen LogP contribution in [0.25, 0.3) is 33.7 Å². The molecule has 0 atom stereocenters. The summed E-state index contributed by atoms with van der Waals surface area (Å²) in [6.45, 7) is 12.0. The van der Waals surface area contributed by atoms with Gasteiger partial charge < -0.3 is 0 Å². The zero-order valence-corrected chi connectivity index (χ0v) is 15.5. The van der Waals surface area contributed by atoms with E-state index in [0.717, 1.165) is 6.42 Å². The molecule has 23 heavy (non-hydrogen) atoms. The number of benzene rings is 3. The van der Waals surface area contributed by atoms with Gasteiger partial charge >= 0.3 is 0 Å². The van der Waals surface area contributed by atoms with Gasteiger partial charge in [0.05, 0.1) is 0 Å². The van der Waals surface area contributed by atoms with Crippen molar-refractivity contribution in [1.29, 1.82) is 0 Å². The van der Waals surface area contributed by atoms with Crippen LogP contribution in [0.1, 0.15) is 53.5 Å². The molecule has 0 N–H and O–H groups in total. The topological polar surface area (TPSA) is 0 Å². The van der Waals surface area contributed by atoms with Gasteiger partial charge in [0.2, 0.25) is 0 Å². The number of hydrogen-bond donors (Lipinski definition) is 0. The summed E-state index contributed by atoms with van der Waals surface area (Å²) in [6.07, 6.45) is 7.82. The first-order valence-corrected chi connectivity index (χ1v) is 9.04. The molecule has 3 aromatic carbocycles. The molecule has 0 heterocycles. The second kappa shape index (κ2) is 9.84. The van der Waals surface area contributed by atoms with Crippen molar-refractivity contribution < 1.29 is 0 Å². The summed E-state index contributed by atoms with van der Waals surface area (Å²) in [5, 5.41) is 6.87. The first-order chi connectivity index (χ1) is 11.4. The van der Waals surface area contributed by atoms with E-state index in [9.17, 15) is 0 Å². The second-order valence-electron chi connectivity index (χ2n) is 4.61. The highest BCUT2D eigenvalue weighted by Crippen LogP contribution is 2.28. The fourth-order valence-electron chi connectivity index (χ4n) is 2.84. The molecule has 0 unspecified atom stereocenters. The second-order valence-corrected chi connectivity index (χ2v) is 4.61. The highest BCUT2D eigenvalue weighted by Gasteiger charge is 2.07. The van der Waals surface area contributed by atoms with Crippen molar-refractivity contribution in [1.82, 2.24) is 0 Å². The van der Waals surface area contributed by atoms with Crippen LogP contribution in [-0.2, 0) is 0 Å². The van der Waals surface area contributed by atoms with Gasteiger partial charge in [-0.25, -0.2) is 0 Å². The summed E-state index contributed by atoms with van der Waals surface area (Å²) in [5.41, 5.74) is 1.35. The lowest BCUT2D eigenvalue weighted by Gasteiger charge is -2.08. The van der Waals surface area contributed by atoms with Crippen molar-refractivity contribution in [2.45, 2.75) is 48.0 Å². The molecule has 4 rings (SSSR count). The van der Waals surface area contributed by atoms with E-state index in [-0.39, 0.29) is 0 Å². The van der Waals surface area contributed by atoms with Gasteiger partial charge in [-0.15, -0.1) is 0 Å². The highest BCUT2D eigenvalue weighted by atomic mass is 14.1. The number of allylic oxidation sites excluding steroid dienone is 1. The molecule has 0 saturated carbocycles. The summed E-state index contributed by atoms with van der Waals surface area (Å²) < 4.78 is 0. The van der Waals surface area contributed by atoms with E-state index in [1.807, 2.05) is 41.5 Å². The SMILES string of the molecule is C1=Cc2ccc3cccc4ccc(c2c34)=CC1.CC.CC.CC. The smallest absolute Gasteiger partial charge is 0.00269 e. The summed E-state index contributed by atoms with van der Waals surface area (Å²) in [4.78, 5) is 0. The monoisotopic (exact) mass is 306 g/mol. The van der Waals surface area contributed by atoms with Gasteiger partial charge in [0.15, 0.2) is 0 Å². The van der Waals surface area contributed by atoms with Crippen LogP contribution >= 0.6 is 0 Å².